The van der Waals surface area contributed by atoms with Crippen molar-refractivity contribution >= 4 is 23.2 Å². The summed E-state index contributed by atoms with van der Waals surface area (Å²) in [6.45, 7) is 14.0. The number of aromatic nitrogens is 2. The van der Waals surface area contributed by atoms with E-state index < -0.39 is 17.7 Å². The number of benzene rings is 2. The minimum absolute atomic E-state index is 0.177. The van der Waals surface area contributed by atoms with Gasteiger partial charge < -0.3 is 24.8 Å². The molecule has 1 atom stereocenters. The number of ether oxygens (including phenoxy) is 2. The lowest BCUT2D eigenvalue weighted by atomic mass is 9.82. The van der Waals surface area contributed by atoms with Crippen LogP contribution in [0.3, 0.4) is 0 Å². The van der Waals surface area contributed by atoms with Gasteiger partial charge in [-0.1, -0.05) is 38.1 Å². The zero-order valence-electron chi connectivity index (χ0n) is 28.1. The number of rotatable bonds is 11. The third-order valence-corrected chi connectivity index (χ3v) is 8.43. The Balaban J connectivity index is 1.61. The molecule has 1 aliphatic heterocycles. The van der Waals surface area contributed by atoms with Crippen LogP contribution in [0.4, 0.5) is 21.6 Å². The molecule has 47 heavy (non-hydrogen) atoms. The van der Waals surface area contributed by atoms with Gasteiger partial charge in [0.25, 0.3) is 0 Å². The van der Waals surface area contributed by atoms with E-state index >= 15 is 0 Å². The summed E-state index contributed by atoms with van der Waals surface area (Å²) >= 11 is 0. The fourth-order valence-corrected chi connectivity index (χ4v) is 5.86. The van der Waals surface area contributed by atoms with Crippen molar-refractivity contribution in [3.05, 3.63) is 95.7 Å². The number of anilines is 3. The second-order valence-electron chi connectivity index (χ2n) is 13.9. The number of hydrogen-bond acceptors (Lipinski definition) is 7. The Kier molecular flexibility index (Phi) is 10.2. The molecular formula is C38H45FN4O4. The van der Waals surface area contributed by atoms with Gasteiger partial charge in [-0.15, -0.1) is 0 Å². The first-order valence-electron chi connectivity index (χ1n) is 16.1. The van der Waals surface area contributed by atoms with Gasteiger partial charge >= 0.3 is 5.97 Å². The minimum Gasteiger partial charge on any atom is -0.493 e. The van der Waals surface area contributed by atoms with E-state index in [0.29, 0.717) is 35.9 Å². The number of carboxylic acid groups (broad SMARTS) is 1. The summed E-state index contributed by atoms with van der Waals surface area (Å²) in [7, 11) is 0. The molecule has 2 N–H and O–H groups in total. The van der Waals surface area contributed by atoms with E-state index in [0.717, 1.165) is 54.0 Å². The predicted molar refractivity (Wildman–Crippen MR) is 184 cm³/mol. The van der Waals surface area contributed by atoms with E-state index in [1.54, 1.807) is 24.5 Å². The van der Waals surface area contributed by atoms with Crippen LogP contribution in [0.1, 0.15) is 70.4 Å². The fourth-order valence-electron chi connectivity index (χ4n) is 5.86. The summed E-state index contributed by atoms with van der Waals surface area (Å²) in [4.78, 5) is 24.5. The summed E-state index contributed by atoms with van der Waals surface area (Å²) in [6, 6.07) is 18.0. The molecule has 0 saturated carbocycles. The highest BCUT2D eigenvalue weighted by Gasteiger charge is 2.37. The number of hydrogen-bond donors (Lipinski definition) is 2. The number of nitrogens with one attached hydrogen (secondary N) is 1. The monoisotopic (exact) mass is 640 g/mol. The van der Waals surface area contributed by atoms with E-state index in [-0.39, 0.29) is 11.2 Å². The van der Waals surface area contributed by atoms with Crippen LogP contribution in [-0.2, 0) is 16.0 Å². The number of aliphatic carboxylic acids is 1. The predicted octanol–water partition coefficient (Wildman–Crippen LogP) is 8.52. The van der Waals surface area contributed by atoms with E-state index in [1.807, 2.05) is 64.1 Å². The normalized spacial score (nSPS) is 15.3. The number of piperidine rings is 1. The highest BCUT2D eigenvalue weighted by atomic mass is 19.1. The first kappa shape index (κ1) is 33.9. The second kappa shape index (κ2) is 14.1. The molecule has 0 radical (unpaired) electrons. The quantitative estimate of drug-likeness (QED) is 0.168. The molecule has 3 heterocycles. The third kappa shape index (κ3) is 8.65. The molecule has 4 aromatic rings. The van der Waals surface area contributed by atoms with Crippen molar-refractivity contribution in [3.63, 3.8) is 0 Å². The van der Waals surface area contributed by atoms with Gasteiger partial charge in [0.2, 0.25) is 0 Å². The minimum atomic E-state index is -1.23. The zero-order chi connectivity index (χ0) is 33.8. The smallest absolute Gasteiger partial charge is 0.337 e. The number of aryl methyl sites for hydroxylation is 1. The van der Waals surface area contributed by atoms with Crippen molar-refractivity contribution in [2.24, 2.45) is 5.41 Å². The molecular weight excluding hydrogens is 595 g/mol. The average Bonchev–Trinajstić information content (AvgIpc) is 3.01. The Hall–Kier alpha value is -4.50. The Bertz CT molecular complexity index is 1660. The van der Waals surface area contributed by atoms with E-state index in [1.165, 1.54) is 12.1 Å². The molecule has 2 aromatic carbocycles. The lowest BCUT2D eigenvalue weighted by molar-refractivity contribution is -0.160. The maximum atomic E-state index is 13.3. The van der Waals surface area contributed by atoms with Crippen molar-refractivity contribution in [1.82, 2.24) is 9.97 Å². The van der Waals surface area contributed by atoms with Crippen LogP contribution in [0.2, 0.25) is 0 Å². The SMILES string of the molecule is Cc1nc(Nc2cccnc2)c(-c2ccc(OCCc3ccc(F)cc3)cc2)c(N2CCC(C)(C)CC2)c1C(OC(C)(C)C)C(=O)O. The van der Waals surface area contributed by atoms with Crippen LogP contribution >= 0.6 is 0 Å². The highest BCUT2D eigenvalue weighted by molar-refractivity contribution is 5.93. The standard InChI is InChI=1S/C38H45FN4O4/c1-25-31(34(36(44)45)47-37(2,3)4)33(43-21-18-38(5,6)19-22-43)32(35(41-25)42-29-8-7-20-40-24-29)27-11-15-30(16-12-27)46-23-17-26-9-13-28(39)14-10-26/h7-16,20,24,34H,17-19,21-23H2,1-6H3,(H,41,42)(H,44,45). The maximum absolute atomic E-state index is 13.3. The molecule has 2 aromatic heterocycles. The molecule has 1 aliphatic rings. The molecule has 5 rings (SSSR count). The summed E-state index contributed by atoms with van der Waals surface area (Å²) in [6.07, 6.45) is 4.78. The van der Waals surface area contributed by atoms with Crippen molar-refractivity contribution in [3.8, 4) is 16.9 Å². The molecule has 0 spiro atoms. The van der Waals surface area contributed by atoms with Gasteiger partial charge in [-0.3, -0.25) is 4.98 Å². The molecule has 0 aliphatic carbocycles. The molecule has 9 heteroatoms. The van der Waals surface area contributed by atoms with Crippen molar-refractivity contribution in [1.29, 1.82) is 0 Å². The number of carboxylic acids is 1. The highest BCUT2D eigenvalue weighted by Crippen LogP contribution is 2.47. The van der Waals surface area contributed by atoms with Gasteiger partial charge in [0, 0.05) is 42.5 Å². The first-order chi connectivity index (χ1) is 22.3. The summed E-state index contributed by atoms with van der Waals surface area (Å²) < 4.78 is 25.6. The number of carbonyl (C=O) groups is 1. The maximum Gasteiger partial charge on any atom is 0.337 e. The van der Waals surface area contributed by atoms with E-state index in [2.05, 4.69) is 29.0 Å². The van der Waals surface area contributed by atoms with Crippen LogP contribution in [0.5, 0.6) is 5.75 Å². The van der Waals surface area contributed by atoms with Gasteiger partial charge in [0.1, 0.15) is 17.4 Å². The van der Waals surface area contributed by atoms with Crippen LogP contribution < -0.4 is 15.0 Å². The molecule has 8 nitrogen and oxygen atoms in total. The van der Waals surface area contributed by atoms with Crippen molar-refractivity contribution in [2.45, 2.75) is 72.5 Å². The van der Waals surface area contributed by atoms with Gasteiger partial charge in [-0.05, 0) is 93.5 Å². The lowest BCUT2D eigenvalue weighted by Crippen LogP contribution is -2.39. The molecule has 0 bridgehead atoms. The van der Waals surface area contributed by atoms with Gasteiger partial charge in [0.15, 0.2) is 6.10 Å². The van der Waals surface area contributed by atoms with Crippen LogP contribution in [0.15, 0.2) is 73.1 Å². The number of halogens is 1. The molecule has 248 valence electrons. The van der Waals surface area contributed by atoms with Gasteiger partial charge in [0.05, 0.1) is 29.8 Å². The third-order valence-electron chi connectivity index (χ3n) is 8.43. The largest absolute Gasteiger partial charge is 0.493 e. The first-order valence-corrected chi connectivity index (χ1v) is 16.1. The Labute approximate surface area is 277 Å². The van der Waals surface area contributed by atoms with Crippen molar-refractivity contribution < 1.29 is 23.8 Å². The summed E-state index contributed by atoms with van der Waals surface area (Å²) in [5.41, 5.74) is 4.81. The molecule has 1 saturated heterocycles. The Morgan fingerprint density at radius 2 is 1.74 bits per heavy atom. The summed E-state index contributed by atoms with van der Waals surface area (Å²) in [5.74, 6) is -0.0291. The van der Waals surface area contributed by atoms with Crippen LogP contribution in [-0.4, -0.2) is 46.3 Å². The lowest BCUT2D eigenvalue weighted by Gasteiger charge is -2.41. The van der Waals surface area contributed by atoms with Crippen LogP contribution in [0, 0.1) is 18.2 Å². The Morgan fingerprint density at radius 1 is 1.06 bits per heavy atom. The number of nitrogens with zero attached hydrogens (tertiary/aromatic N) is 3. The van der Waals surface area contributed by atoms with Gasteiger partial charge in [-0.25, -0.2) is 14.2 Å². The second-order valence-corrected chi connectivity index (χ2v) is 13.9. The zero-order valence-corrected chi connectivity index (χ0v) is 28.1. The van der Waals surface area contributed by atoms with Gasteiger partial charge in [-0.2, -0.15) is 0 Å². The van der Waals surface area contributed by atoms with E-state index in [9.17, 15) is 14.3 Å². The molecule has 1 unspecified atom stereocenters. The fraction of sp³-hybridized carbons (Fsp3) is 0.395. The molecule has 0 amide bonds. The van der Waals surface area contributed by atoms with Crippen molar-refractivity contribution in [2.75, 3.05) is 29.9 Å². The average molecular weight is 641 g/mol. The van der Waals surface area contributed by atoms with Crippen LogP contribution in [0.25, 0.3) is 11.1 Å². The Morgan fingerprint density at radius 3 is 2.34 bits per heavy atom. The molecule has 1 fully saturated rings. The van der Waals surface area contributed by atoms with E-state index in [4.69, 9.17) is 14.5 Å². The topological polar surface area (TPSA) is 96.8 Å². The summed E-state index contributed by atoms with van der Waals surface area (Å²) in [5, 5.41) is 14.0. The number of pyridine rings is 2.